The molecule has 0 radical (unpaired) electrons. The number of halogens is 1. The Morgan fingerprint density at radius 1 is 1.36 bits per heavy atom. The predicted molar refractivity (Wildman–Crippen MR) is 91.9 cm³/mol. The zero-order valence-corrected chi connectivity index (χ0v) is 13.8. The summed E-state index contributed by atoms with van der Waals surface area (Å²) in [4.78, 5) is 13.2. The molecule has 0 aromatic carbocycles. The number of nitrogens with zero attached hydrogens (tertiary/aromatic N) is 4. The first-order valence-corrected chi connectivity index (χ1v) is 8.17. The van der Waals surface area contributed by atoms with Crippen molar-refractivity contribution < 1.29 is 9.13 Å². The van der Waals surface area contributed by atoms with Crippen molar-refractivity contribution in [2.45, 2.75) is 18.5 Å². The highest BCUT2D eigenvalue weighted by Crippen LogP contribution is 2.21. The summed E-state index contributed by atoms with van der Waals surface area (Å²) in [5.41, 5.74) is 2.01. The molecular weight excluding hydrogens is 323 g/mol. The summed E-state index contributed by atoms with van der Waals surface area (Å²) in [6, 6.07) is 3.64. The predicted octanol–water partition coefficient (Wildman–Crippen LogP) is 1.72. The minimum atomic E-state index is -0.324. The third kappa shape index (κ3) is 3.31. The summed E-state index contributed by atoms with van der Waals surface area (Å²) < 4.78 is 20.4. The molecule has 25 heavy (non-hydrogen) atoms. The molecule has 4 heterocycles. The van der Waals surface area contributed by atoms with Crippen molar-refractivity contribution in [1.82, 2.24) is 24.7 Å². The van der Waals surface area contributed by atoms with Gasteiger partial charge in [-0.25, -0.2) is 14.4 Å². The maximum absolute atomic E-state index is 13.5. The molecule has 130 valence electrons. The van der Waals surface area contributed by atoms with E-state index in [0.29, 0.717) is 35.5 Å². The number of anilines is 1. The number of rotatable bonds is 5. The summed E-state index contributed by atoms with van der Waals surface area (Å²) in [5, 5.41) is 6.80. The van der Waals surface area contributed by atoms with Gasteiger partial charge in [-0.05, 0) is 18.6 Å². The first-order valence-electron chi connectivity index (χ1n) is 8.17. The number of hydrogen-bond donors (Lipinski definition) is 2. The van der Waals surface area contributed by atoms with Crippen LogP contribution in [0, 0.1) is 5.82 Å². The molecule has 0 bridgehead atoms. The number of ether oxygens (including phenoxy) is 1. The van der Waals surface area contributed by atoms with Gasteiger partial charge in [0.1, 0.15) is 23.0 Å². The third-order valence-electron chi connectivity index (χ3n) is 4.31. The Bertz CT molecular complexity index is 882. The number of nitrogens with one attached hydrogen (secondary N) is 2. The summed E-state index contributed by atoms with van der Waals surface area (Å²) in [6.07, 6.45) is 7.38. The van der Waals surface area contributed by atoms with Crippen LogP contribution in [0.1, 0.15) is 6.42 Å². The smallest absolute Gasteiger partial charge is 0.145 e. The lowest BCUT2D eigenvalue weighted by Gasteiger charge is -2.13. The molecule has 1 aliphatic rings. The lowest BCUT2D eigenvalue weighted by atomic mass is 10.2. The van der Waals surface area contributed by atoms with Crippen LogP contribution in [-0.4, -0.2) is 51.7 Å². The van der Waals surface area contributed by atoms with Crippen LogP contribution in [0.15, 0.2) is 36.9 Å². The van der Waals surface area contributed by atoms with Crippen molar-refractivity contribution in [2.24, 2.45) is 0 Å². The number of fused-ring (bicyclic) bond motifs is 1. The lowest BCUT2D eigenvalue weighted by molar-refractivity contribution is 0.173. The molecule has 1 aliphatic heterocycles. The zero-order valence-electron chi connectivity index (χ0n) is 13.8. The van der Waals surface area contributed by atoms with Gasteiger partial charge in [-0.15, -0.1) is 0 Å². The second-order valence-corrected chi connectivity index (χ2v) is 6.15. The molecular formula is C17H19FN6O. The van der Waals surface area contributed by atoms with E-state index in [2.05, 4.69) is 25.6 Å². The van der Waals surface area contributed by atoms with Gasteiger partial charge in [0, 0.05) is 31.9 Å². The van der Waals surface area contributed by atoms with Crippen molar-refractivity contribution in [3.63, 3.8) is 0 Å². The van der Waals surface area contributed by atoms with Crippen LogP contribution in [-0.2, 0) is 4.74 Å². The molecule has 2 atom stereocenters. The fourth-order valence-corrected chi connectivity index (χ4v) is 3.17. The maximum atomic E-state index is 13.5. The zero-order chi connectivity index (χ0) is 17.2. The van der Waals surface area contributed by atoms with Gasteiger partial charge in [0.2, 0.25) is 0 Å². The van der Waals surface area contributed by atoms with E-state index >= 15 is 0 Å². The van der Waals surface area contributed by atoms with Crippen molar-refractivity contribution in [3.8, 4) is 11.4 Å². The number of hydrogen-bond acceptors (Lipinski definition) is 6. The highest BCUT2D eigenvalue weighted by atomic mass is 19.1. The summed E-state index contributed by atoms with van der Waals surface area (Å²) in [6.45, 7) is 1.54. The molecule has 0 unspecified atom stereocenters. The lowest BCUT2D eigenvalue weighted by Crippen LogP contribution is -2.26. The Morgan fingerprint density at radius 3 is 3.16 bits per heavy atom. The van der Waals surface area contributed by atoms with Crippen molar-refractivity contribution in [1.29, 1.82) is 0 Å². The van der Waals surface area contributed by atoms with Gasteiger partial charge in [0.05, 0.1) is 30.9 Å². The Morgan fingerprint density at radius 2 is 2.28 bits per heavy atom. The van der Waals surface area contributed by atoms with E-state index in [4.69, 9.17) is 4.74 Å². The number of pyridine rings is 1. The van der Waals surface area contributed by atoms with Crippen LogP contribution in [0.2, 0.25) is 0 Å². The van der Waals surface area contributed by atoms with Crippen molar-refractivity contribution in [2.75, 3.05) is 25.6 Å². The Hall–Kier alpha value is -2.58. The molecule has 7 nitrogen and oxygen atoms in total. The average molecular weight is 342 g/mol. The van der Waals surface area contributed by atoms with Gasteiger partial charge in [0.15, 0.2) is 0 Å². The SMILES string of the molecule is COC[C@@H]1C[C@@H](Nc2cncc(-c3cnc4ccc(F)cn34)n2)CN1. The van der Waals surface area contributed by atoms with E-state index in [1.54, 1.807) is 36.2 Å². The van der Waals surface area contributed by atoms with Gasteiger partial charge in [-0.1, -0.05) is 0 Å². The molecule has 0 saturated carbocycles. The highest BCUT2D eigenvalue weighted by molar-refractivity contribution is 5.60. The fourth-order valence-electron chi connectivity index (χ4n) is 3.17. The molecule has 0 aliphatic carbocycles. The molecule has 4 rings (SSSR count). The van der Waals surface area contributed by atoms with E-state index in [0.717, 1.165) is 13.0 Å². The van der Waals surface area contributed by atoms with Gasteiger partial charge in [0.25, 0.3) is 0 Å². The topological polar surface area (TPSA) is 76.4 Å². The van der Waals surface area contributed by atoms with E-state index in [-0.39, 0.29) is 11.9 Å². The Balaban J connectivity index is 1.56. The van der Waals surface area contributed by atoms with Crippen LogP contribution >= 0.6 is 0 Å². The Kier molecular flexibility index (Phi) is 4.29. The van der Waals surface area contributed by atoms with E-state index < -0.39 is 0 Å². The molecule has 1 fully saturated rings. The monoisotopic (exact) mass is 342 g/mol. The maximum Gasteiger partial charge on any atom is 0.145 e. The molecule has 8 heteroatoms. The minimum Gasteiger partial charge on any atom is -0.383 e. The summed E-state index contributed by atoms with van der Waals surface area (Å²) in [5.74, 6) is 0.365. The second-order valence-electron chi connectivity index (χ2n) is 6.15. The molecule has 2 N–H and O–H groups in total. The molecule has 3 aromatic heterocycles. The average Bonchev–Trinajstić information content (AvgIpc) is 3.22. The van der Waals surface area contributed by atoms with E-state index in [9.17, 15) is 4.39 Å². The highest BCUT2D eigenvalue weighted by Gasteiger charge is 2.24. The first kappa shape index (κ1) is 15.9. The molecule has 1 saturated heterocycles. The van der Waals surface area contributed by atoms with Crippen molar-refractivity contribution >= 4 is 11.5 Å². The van der Waals surface area contributed by atoms with Gasteiger partial charge >= 0.3 is 0 Å². The number of imidazole rings is 1. The standard InChI is InChI=1S/C17H19FN6O/c1-25-10-13-4-12(5-20-13)22-16-8-19-6-14(23-16)15-7-21-17-3-2-11(18)9-24(15)17/h2-3,6-9,12-13,20H,4-5,10H2,1H3,(H,22,23)/t12-,13+/m1/s1. The molecule has 0 amide bonds. The van der Waals surface area contributed by atoms with Crippen LogP contribution in [0.3, 0.4) is 0 Å². The number of methoxy groups -OCH3 is 1. The quantitative estimate of drug-likeness (QED) is 0.735. The van der Waals surface area contributed by atoms with Gasteiger partial charge < -0.3 is 15.4 Å². The fraction of sp³-hybridized carbons (Fsp3) is 0.353. The van der Waals surface area contributed by atoms with E-state index in [1.165, 1.54) is 12.3 Å². The van der Waals surface area contributed by atoms with E-state index in [1.807, 2.05) is 0 Å². The van der Waals surface area contributed by atoms with Gasteiger partial charge in [-0.2, -0.15) is 0 Å². The summed E-state index contributed by atoms with van der Waals surface area (Å²) in [7, 11) is 1.70. The van der Waals surface area contributed by atoms with Crippen LogP contribution in [0.4, 0.5) is 10.2 Å². The van der Waals surface area contributed by atoms with Crippen LogP contribution < -0.4 is 10.6 Å². The van der Waals surface area contributed by atoms with Crippen LogP contribution in [0.25, 0.3) is 17.0 Å². The first-order chi connectivity index (χ1) is 12.2. The minimum absolute atomic E-state index is 0.268. The largest absolute Gasteiger partial charge is 0.383 e. The van der Waals surface area contributed by atoms with Crippen LogP contribution in [0.5, 0.6) is 0 Å². The normalized spacial score (nSPS) is 20.2. The Labute approximate surface area is 144 Å². The molecule has 0 spiro atoms. The molecule has 3 aromatic rings. The number of aromatic nitrogens is 4. The summed E-state index contributed by atoms with van der Waals surface area (Å²) >= 11 is 0. The van der Waals surface area contributed by atoms with Crippen molar-refractivity contribution in [3.05, 3.63) is 42.7 Å². The van der Waals surface area contributed by atoms with Gasteiger partial charge in [-0.3, -0.25) is 9.38 Å². The second kappa shape index (κ2) is 6.73. The third-order valence-corrected chi connectivity index (χ3v) is 4.31.